The van der Waals surface area contributed by atoms with Crippen LogP contribution >= 0.6 is 11.6 Å². The van der Waals surface area contributed by atoms with Gasteiger partial charge in [-0.25, -0.2) is 4.39 Å². The molecule has 0 saturated heterocycles. The molecule has 1 N–H and O–H groups in total. The van der Waals surface area contributed by atoms with Gasteiger partial charge in [0.05, 0.1) is 14.2 Å². The molecule has 3 rings (SSSR count). The van der Waals surface area contributed by atoms with Gasteiger partial charge >= 0.3 is 0 Å². The highest BCUT2D eigenvalue weighted by Crippen LogP contribution is 2.28. The lowest BCUT2D eigenvalue weighted by Crippen LogP contribution is -2.45. The van der Waals surface area contributed by atoms with E-state index >= 15 is 0 Å². The number of hydrogen-bond acceptors (Lipinski definition) is 5. The Morgan fingerprint density at radius 1 is 1.00 bits per heavy atom. The van der Waals surface area contributed by atoms with Gasteiger partial charge in [0.25, 0.3) is 5.91 Å². The lowest BCUT2D eigenvalue weighted by Gasteiger charge is -2.30. The maximum absolute atomic E-state index is 13.4. The monoisotopic (exact) mass is 500 g/mol. The summed E-state index contributed by atoms with van der Waals surface area (Å²) >= 11 is 6.07. The van der Waals surface area contributed by atoms with Crippen molar-refractivity contribution >= 4 is 23.2 Å². The summed E-state index contributed by atoms with van der Waals surface area (Å²) in [5.41, 5.74) is 1.55. The van der Waals surface area contributed by atoms with Gasteiger partial charge in [-0.3, -0.25) is 9.69 Å². The van der Waals surface area contributed by atoms with Crippen LogP contribution in [0.25, 0.3) is 0 Å². The molecule has 186 valence electrons. The summed E-state index contributed by atoms with van der Waals surface area (Å²) in [5, 5.41) is 3.38. The van der Waals surface area contributed by atoms with E-state index in [-0.39, 0.29) is 24.3 Å². The molecule has 0 aliphatic heterocycles. The number of halogens is 2. The molecule has 1 amide bonds. The van der Waals surface area contributed by atoms with Crippen LogP contribution in [0.15, 0.2) is 66.7 Å². The first-order valence-corrected chi connectivity index (χ1v) is 11.6. The highest BCUT2D eigenvalue weighted by atomic mass is 35.5. The Labute approximate surface area is 210 Å². The van der Waals surface area contributed by atoms with Crippen molar-refractivity contribution in [2.24, 2.45) is 0 Å². The average Bonchev–Trinajstić information content (AvgIpc) is 2.84. The van der Waals surface area contributed by atoms with E-state index < -0.39 is 6.10 Å². The fourth-order valence-corrected chi connectivity index (χ4v) is 3.71. The van der Waals surface area contributed by atoms with Gasteiger partial charge in [-0.15, -0.1) is 0 Å². The van der Waals surface area contributed by atoms with Crippen molar-refractivity contribution in [1.82, 2.24) is 4.90 Å². The van der Waals surface area contributed by atoms with Gasteiger partial charge in [-0.1, -0.05) is 23.7 Å². The minimum Gasteiger partial charge on any atom is -0.493 e. The number of hydrogen-bond donors (Lipinski definition) is 1. The Hall–Kier alpha value is -3.29. The Morgan fingerprint density at radius 3 is 2.34 bits per heavy atom. The smallest absolute Gasteiger partial charge is 0.266 e. The summed E-state index contributed by atoms with van der Waals surface area (Å²) in [6.45, 7) is 4.93. The van der Waals surface area contributed by atoms with Gasteiger partial charge in [0, 0.05) is 29.8 Å². The molecule has 3 aromatic rings. The van der Waals surface area contributed by atoms with Crippen molar-refractivity contribution < 1.29 is 23.4 Å². The number of carbonyl (C=O) groups excluding carboxylic acids is 1. The first-order chi connectivity index (χ1) is 16.8. The van der Waals surface area contributed by atoms with Gasteiger partial charge in [0.2, 0.25) is 0 Å². The van der Waals surface area contributed by atoms with E-state index in [0.29, 0.717) is 34.5 Å². The highest BCUT2D eigenvalue weighted by Gasteiger charge is 2.26. The molecule has 3 aromatic carbocycles. The van der Waals surface area contributed by atoms with Gasteiger partial charge in [-0.2, -0.15) is 0 Å². The molecule has 35 heavy (non-hydrogen) atoms. The van der Waals surface area contributed by atoms with E-state index in [2.05, 4.69) is 10.2 Å². The molecule has 8 heteroatoms. The molecular weight excluding hydrogens is 471 g/mol. The lowest BCUT2D eigenvalue weighted by molar-refractivity contribution is -0.123. The quantitative estimate of drug-likeness (QED) is 0.361. The Balaban J connectivity index is 1.83. The topological polar surface area (TPSA) is 60.0 Å². The molecule has 1 atom stereocenters. The van der Waals surface area contributed by atoms with E-state index in [1.807, 2.05) is 32.0 Å². The second-order valence-corrected chi connectivity index (χ2v) is 8.71. The van der Waals surface area contributed by atoms with Crippen molar-refractivity contribution in [3.63, 3.8) is 0 Å². The maximum atomic E-state index is 13.4. The van der Waals surface area contributed by atoms with E-state index in [0.717, 1.165) is 5.56 Å². The van der Waals surface area contributed by atoms with Gasteiger partial charge in [0.1, 0.15) is 11.6 Å². The van der Waals surface area contributed by atoms with Crippen LogP contribution in [0.2, 0.25) is 5.02 Å². The number of nitrogens with zero attached hydrogens (tertiary/aromatic N) is 1. The second-order valence-electron chi connectivity index (χ2n) is 8.27. The zero-order valence-corrected chi connectivity index (χ0v) is 21.0. The normalized spacial score (nSPS) is 11.9. The van der Waals surface area contributed by atoms with Crippen molar-refractivity contribution in [1.29, 1.82) is 0 Å². The predicted molar refractivity (Wildman–Crippen MR) is 136 cm³/mol. The fourth-order valence-electron chi connectivity index (χ4n) is 3.52. The summed E-state index contributed by atoms with van der Waals surface area (Å²) in [6, 6.07) is 18.3. The molecule has 1 unspecified atom stereocenters. The number of amides is 1. The van der Waals surface area contributed by atoms with Crippen LogP contribution in [-0.4, -0.2) is 43.7 Å². The third-order valence-electron chi connectivity index (χ3n) is 5.44. The molecular formula is C27H30ClFN2O4. The molecule has 0 saturated carbocycles. The van der Waals surface area contributed by atoms with Crippen LogP contribution in [0, 0.1) is 5.82 Å². The maximum Gasteiger partial charge on any atom is 0.266 e. The van der Waals surface area contributed by atoms with Crippen LogP contribution in [0.1, 0.15) is 19.4 Å². The summed E-state index contributed by atoms with van der Waals surface area (Å²) in [4.78, 5) is 15.4. The summed E-state index contributed by atoms with van der Waals surface area (Å²) < 4.78 is 30.2. The van der Waals surface area contributed by atoms with Crippen LogP contribution < -0.4 is 19.5 Å². The molecule has 0 bridgehead atoms. The zero-order chi connectivity index (χ0) is 25.4. The Bertz CT molecular complexity index is 1120. The summed E-state index contributed by atoms with van der Waals surface area (Å²) in [6.07, 6.45) is -0.873. The van der Waals surface area contributed by atoms with E-state index in [1.54, 1.807) is 38.5 Å². The summed E-state index contributed by atoms with van der Waals surface area (Å²) in [5.74, 6) is 0.953. The van der Waals surface area contributed by atoms with Gasteiger partial charge in [0.15, 0.2) is 17.6 Å². The number of anilines is 1. The molecule has 6 nitrogen and oxygen atoms in total. The molecule has 0 aliphatic carbocycles. The molecule has 0 radical (unpaired) electrons. The first-order valence-electron chi connectivity index (χ1n) is 11.2. The number of methoxy groups -OCH3 is 2. The highest BCUT2D eigenvalue weighted by molar-refractivity contribution is 6.30. The van der Waals surface area contributed by atoms with E-state index in [4.69, 9.17) is 25.8 Å². The van der Waals surface area contributed by atoms with E-state index in [9.17, 15) is 9.18 Å². The number of ether oxygens (including phenoxy) is 3. The zero-order valence-electron chi connectivity index (χ0n) is 20.3. The largest absolute Gasteiger partial charge is 0.493 e. The molecule has 0 aliphatic rings. The third-order valence-corrected chi connectivity index (χ3v) is 5.68. The predicted octanol–water partition coefficient (Wildman–Crippen LogP) is 5.79. The van der Waals surface area contributed by atoms with Crippen molar-refractivity contribution in [2.75, 3.05) is 26.1 Å². The number of rotatable bonds is 11. The van der Waals surface area contributed by atoms with Crippen LogP contribution in [0.5, 0.6) is 17.2 Å². The molecule has 0 heterocycles. The van der Waals surface area contributed by atoms with Crippen molar-refractivity contribution in [3.05, 3.63) is 83.1 Å². The van der Waals surface area contributed by atoms with Crippen LogP contribution in [0.4, 0.5) is 10.1 Å². The fraction of sp³-hybridized carbons (Fsp3) is 0.296. The number of nitrogens with one attached hydrogen (secondary N) is 1. The van der Waals surface area contributed by atoms with E-state index in [1.165, 1.54) is 24.3 Å². The number of benzene rings is 3. The molecule has 0 spiro atoms. The first kappa shape index (κ1) is 26.3. The third kappa shape index (κ3) is 7.60. The Morgan fingerprint density at radius 2 is 1.71 bits per heavy atom. The van der Waals surface area contributed by atoms with Gasteiger partial charge < -0.3 is 19.5 Å². The second kappa shape index (κ2) is 12.4. The Kier molecular flexibility index (Phi) is 9.34. The van der Waals surface area contributed by atoms with Crippen LogP contribution in [-0.2, 0) is 11.3 Å². The average molecular weight is 501 g/mol. The van der Waals surface area contributed by atoms with Gasteiger partial charge in [-0.05, 0) is 74.0 Å². The SMILES string of the molecule is COc1ccc(CN(CC(Oc2ccc(F)cc2)C(=O)Nc2cccc(Cl)c2)C(C)C)cc1OC. The minimum atomic E-state index is -0.873. The standard InChI is InChI=1S/C27H30ClFN2O4/c1-18(2)31(16-19-8-13-24(33-3)25(14-19)34-4)17-26(35-23-11-9-21(29)10-12-23)27(32)30-22-7-5-6-20(28)15-22/h5-15,18,26H,16-17H2,1-4H3,(H,30,32). The lowest BCUT2D eigenvalue weighted by atomic mass is 10.1. The van der Waals surface area contributed by atoms with Crippen molar-refractivity contribution in [2.45, 2.75) is 32.5 Å². The molecule has 0 fully saturated rings. The minimum absolute atomic E-state index is 0.0985. The number of carbonyl (C=O) groups is 1. The van der Waals surface area contributed by atoms with Crippen molar-refractivity contribution in [3.8, 4) is 17.2 Å². The van der Waals surface area contributed by atoms with Crippen LogP contribution in [0.3, 0.4) is 0 Å². The summed E-state index contributed by atoms with van der Waals surface area (Å²) in [7, 11) is 3.18. The molecule has 0 aromatic heterocycles.